The highest BCUT2D eigenvalue weighted by molar-refractivity contribution is 8.11. The third kappa shape index (κ3) is 1.56. The van der Waals surface area contributed by atoms with Crippen molar-refractivity contribution in [3.05, 3.63) is 0 Å². The second-order valence-electron chi connectivity index (χ2n) is 0.834. The minimum absolute atomic E-state index is 0.369. The van der Waals surface area contributed by atoms with Gasteiger partial charge in [0.2, 0.25) is 10.7 Å². The summed E-state index contributed by atoms with van der Waals surface area (Å²) in [4.78, 5) is 4.51. The molecule has 44 valence electrons. The molecule has 1 atom stereocenters. The first-order valence-corrected chi connectivity index (χ1v) is 4.41. The van der Waals surface area contributed by atoms with Crippen LogP contribution < -0.4 is 5.26 Å². The molecule has 0 N–H and O–H groups in total. The largest absolute Gasteiger partial charge is 0.654 e. The summed E-state index contributed by atoms with van der Waals surface area (Å²) in [6, 6.07) is 0. The van der Waals surface area contributed by atoms with Crippen molar-refractivity contribution in [1.82, 2.24) is 0 Å². The molecule has 5 nitrogen and oxygen atoms in total. The Morgan fingerprint density at radius 2 is 2.62 bits per heavy atom. The molecule has 0 radical (unpaired) electrons. The van der Waals surface area contributed by atoms with Crippen LogP contribution in [0.25, 0.3) is 0 Å². The Bertz CT molecular complexity index is 130. The Hall–Kier alpha value is 0.110. The van der Waals surface area contributed by atoms with Crippen molar-refractivity contribution < 1.29 is 24.2 Å². The van der Waals surface area contributed by atoms with Gasteiger partial charge in [0.25, 0.3) is 7.89 Å². The Morgan fingerprint density at radius 1 is 1.88 bits per heavy atom. The molecule has 0 aliphatic carbocycles. The van der Waals surface area contributed by atoms with Crippen molar-refractivity contribution >= 4 is 21.6 Å². The SMILES string of the molecule is O=[P+]1O[O+]([O-])OC=P1. The third-order valence-electron chi connectivity index (χ3n) is 0.388. The van der Waals surface area contributed by atoms with Crippen LogP contribution in [0.5, 0.6) is 0 Å². The van der Waals surface area contributed by atoms with Gasteiger partial charge in [-0.2, -0.15) is 0 Å². The number of hydrogen-bond acceptors (Lipinski definition) is 4. The van der Waals surface area contributed by atoms with Gasteiger partial charge in [0.05, 0.1) is 0 Å². The molecule has 0 fully saturated rings. The predicted molar refractivity (Wildman–Crippen MR) is 23.8 cm³/mol. The van der Waals surface area contributed by atoms with E-state index >= 15 is 0 Å². The molecule has 1 aliphatic rings. The molecule has 0 saturated carbocycles. The monoisotopic (exact) mass is 155 g/mol. The van der Waals surface area contributed by atoms with Gasteiger partial charge in [-0.05, 0) is 14.3 Å². The van der Waals surface area contributed by atoms with E-state index in [9.17, 15) is 9.82 Å². The zero-order valence-corrected chi connectivity index (χ0v) is 5.30. The summed E-state index contributed by atoms with van der Waals surface area (Å²) in [7, 11) is -1.54. The second kappa shape index (κ2) is 2.60. The van der Waals surface area contributed by atoms with Crippen molar-refractivity contribution in [3.63, 3.8) is 0 Å². The fourth-order valence-corrected chi connectivity index (χ4v) is 1.17. The second-order valence-corrected chi connectivity index (χ2v) is 3.57. The summed E-state index contributed by atoms with van der Waals surface area (Å²) < 4.78 is 14.1. The standard InChI is InChI=1S/CHO5P2/c2-6-4-1-7-8(3)5-6/h1H/q+1. The fraction of sp³-hybridized carbons (Fsp3) is 0. The first-order chi connectivity index (χ1) is 3.79. The van der Waals surface area contributed by atoms with E-state index in [-0.39, 0.29) is 0 Å². The van der Waals surface area contributed by atoms with Crippen LogP contribution in [0.15, 0.2) is 0 Å². The fourth-order valence-electron chi connectivity index (χ4n) is 0.182. The average Bonchev–Trinajstić information content (AvgIpc) is 1.64. The molecule has 1 aliphatic heterocycles. The van der Waals surface area contributed by atoms with Crippen LogP contribution in [0.4, 0.5) is 0 Å². The van der Waals surface area contributed by atoms with E-state index in [4.69, 9.17) is 0 Å². The van der Waals surface area contributed by atoms with Gasteiger partial charge in [-0.15, -0.1) is 0 Å². The first-order valence-electron chi connectivity index (χ1n) is 1.56. The van der Waals surface area contributed by atoms with E-state index < -0.39 is 7.72 Å². The molecule has 8 heavy (non-hydrogen) atoms. The van der Waals surface area contributed by atoms with Crippen LogP contribution in [-0.2, 0) is 18.9 Å². The van der Waals surface area contributed by atoms with Crippen molar-refractivity contribution in [2.45, 2.75) is 0 Å². The zero-order chi connectivity index (χ0) is 5.98. The summed E-state index contributed by atoms with van der Waals surface area (Å²) in [5.41, 5.74) is 0. The third-order valence-corrected chi connectivity index (χ3v) is 2.05. The van der Waals surface area contributed by atoms with Gasteiger partial charge in [0.1, 0.15) is 0 Å². The highest BCUT2D eigenvalue weighted by Gasteiger charge is 2.31. The van der Waals surface area contributed by atoms with Crippen LogP contribution in [0, 0.1) is 0 Å². The minimum Gasteiger partial charge on any atom is -0.431 e. The molecule has 1 heterocycles. The quantitative estimate of drug-likeness (QED) is 0.281. The molecule has 7 heteroatoms. The zero-order valence-electron chi connectivity index (χ0n) is 3.51. The maximum atomic E-state index is 10.2. The van der Waals surface area contributed by atoms with Crippen molar-refractivity contribution in [2.75, 3.05) is 0 Å². The summed E-state index contributed by atoms with van der Waals surface area (Å²) in [5.74, 6) is 1.07. The minimum atomic E-state index is -1.91. The highest BCUT2D eigenvalue weighted by atomic mass is 32.0. The molecule has 0 aromatic rings. The van der Waals surface area contributed by atoms with Gasteiger partial charge >= 0.3 is 7.72 Å². The van der Waals surface area contributed by atoms with Crippen LogP contribution >= 0.6 is 15.6 Å². The Morgan fingerprint density at radius 3 is 3.00 bits per heavy atom. The van der Waals surface area contributed by atoms with Gasteiger partial charge in [-0.3, -0.25) is 0 Å². The van der Waals surface area contributed by atoms with Crippen molar-refractivity contribution in [2.24, 2.45) is 0 Å². The van der Waals surface area contributed by atoms with Crippen LogP contribution in [-0.4, -0.2) is 5.98 Å². The molecular weight excluding hydrogens is 154 g/mol. The molecule has 0 saturated heterocycles. The lowest BCUT2D eigenvalue weighted by atomic mass is 11.7. The number of rotatable bonds is 0. The summed E-state index contributed by atoms with van der Waals surface area (Å²) in [6.07, 6.45) is 0. The molecule has 0 aromatic carbocycles. The van der Waals surface area contributed by atoms with Crippen LogP contribution in [0.1, 0.15) is 0 Å². The topological polar surface area (TPSA) is 61.3 Å². The van der Waals surface area contributed by atoms with Crippen molar-refractivity contribution in [3.8, 4) is 0 Å². The Labute approximate surface area is 46.8 Å². The first kappa shape index (κ1) is 6.23. The molecule has 0 aromatic heterocycles. The van der Waals surface area contributed by atoms with Gasteiger partial charge in [-0.1, -0.05) is 0 Å². The lowest BCUT2D eigenvalue weighted by molar-refractivity contribution is -0.980. The molecule has 1 rings (SSSR count). The van der Waals surface area contributed by atoms with E-state index in [0.29, 0.717) is 12.7 Å². The average molecular weight is 155 g/mol. The lowest BCUT2D eigenvalue weighted by Crippen LogP contribution is -2.24. The summed E-state index contributed by atoms with van der Waals surface area (Å²) >= 11 is 0. The smallest absolute Gasteiger partial charge is 0.431 e. The molecule has 1 unspecified atom stereocenters. The maximum Gasteiger partial charge on any atom is 0.654 e. The van der Waals surface area contributed by atoms with Gasteiger partial charge in [0, 0.05) is 0 Å². The van der Waals surface area contributed by atoms with E-state index in [0.717, 1.165) is 5.98 Å². The lowest BCUT2D eigenvalue weighted by Gasteiger charge is -1.99. The molecular formula is CHO5P2+. The van der Waals surface area contributed by atoms with Crippen LogP contribution in [0.2, 0.25) is 0 Å². The maximum absolute atomic E-state index is 10.2. The van der Waals surface area contributed by atoms with Crippen LogP contribution in [0.3, 0.4) is 0 Å². The Kier molecular flexibility index (Phi) is 2.02. The van der Waals surface area contributed by atoms with E-state index in [1.807, 2.05) is 0 Å². The van der Waals surface area contributed by atoms with E-state index in [2.05, 4.69) is 9.56 Å². The van der Waals surface area contributed by atoms with Gasteiger partial charge < -0.3 is 5.26 Å². The highest BCUT2D eigenvalue weighted by Crippen LogP contribution is 2.41. The predicted octanol–water partition coefficient (Wildman–Crippen LogP) is 0.0541. The van der Waals surface area contributed by atoms with E-state index in [1.54, 1.807) is 0 Å². The van der Waals surface area contributed by atoms with Crippen molar-refractivity contribution in [1.29, 1.82) is 0 Å². The van der Waals surface area contributed by atoms with Gasteiger partial charge in [-0.25, -0.2) is 0 Å². The molecule has 0 spiro atoms. The normalized spacial score (nSPS) is 28.4. The van der Waals surface area contributed by atoms with Gasteiger partial charge in [0.15, 0.2) is 0 Å². The Balaban J connectivity index is 2.54. The summed E-state index contributed by atoms with van der Waals surface area (Å²) in [6.45, 7) is 0. The summed E-state index contributed by atoms with van der Waals surface area (Å²) in [5, 5.41) is 9.84. The number of hydrogen-bond donors (Lipinski definition) is 0. The molecule has 0 bridgehead atoms. The molecule has 0 amide bonds. The van der Waals surface area contributed by atoms with E-state index in [1.165, 1.54) is 0 Å².